The second-order valence-corrected chi connectivity index (χ2v) is 8.73. The fourth-order valence-electron chi connectivity index (χ4n) is 4.67. The highest BCUT2D eigenvalue weighted by molar-refractivity contribution is 5.78. The van der Waals surface area contributed by atoms with E-state index in [1.807, 2.05) is 54.6 Å². The van der Waals surface area contributed by atoms with Crippen LogP contribution in [0.2, 0.25) is 0 Å². The highest BCUT2D eigenvalue weighted by atomic mass is 19.1. The molecule has 0 fully saturated rings. The number of nitrogens with one attached hydrogen (secondary N) is 1. The number of rotatable bonds is 8. The molecule has 0 spiro atoms. The van der Waals surface area contributed by atoms with E-state index >= 15 is 0 Å². The predicted octanol–water partition coefficient (Wildman–Crippen LogP) is 5.97. The van der Waals surface area contributed by atoms with Gasteiger partial charge in [0.25, 0.3) is 0 Å². The second-order valence-electron chi connectivity index (χ2n) is 8.73. The van der Waals surface area contributed by atoms with Crippen LogP contribution in [-0.4, -0.2) is 19.2 Å². The van der Waals surface area contributed by atoms with Crippen molar-refractivity contribution >= 4 is 5.91 Å². The molecule has 0 aromatic heterocycles. The van der Waals surface area contributed by atoms with E-state index in [9.17, 15) is 13.6 Å². The molecule has 4 nitrogen and oxygen atoms in total. The first kappa shape index (κ1) is 23.5. The number of fused-ring (bicyclic) bond motifs is 1. The molecule has 0 saturated heterocycles. The summed E-state index contributed by atoms with van der Waals surface area (Å²) in [6.45, 7) is 0.472. The number of carbonyl (C=O) groups is 1. The lowest BCUT2D eigenvalue weighted by Crippen LogP contribution is -2.32. The van der Waals surface area contributed by atoms with Crippen LogP contribution in [0.25, 0.3) is 0 Å². The van der Waals surface area contributed by atoms with E-state index in [1.165, 1.54) is 6.07 Å². The molecule has 0 radical (unpaired) electrons. The highest BCUT2D eigenvalue weighted by Gasteiger charge is 2.29. The van der Waals surface area contributed by atoms with Crippen molar-refractivity contribution in [1.29, 1.82) is 0 Å². The number of amides is 1. The Morgan fingerprint density at radius 3 is 2.11 bits per heavy atom. The molecule has 182 valence electrons. The van der Waals surface area contributed by atoms with Crippen LogP contribution in [-0.2, 0) is 11.2 Å². The fraction of sp³-hybridized carbons (Fsp3) is 0.167. The van der Waals surface area contributed by atoms with E-state index in [0.29, 0.717) is 18.0 Å². The molecule has 1 N–H and O–H groups in total. The molecule has 1 aliphatic rings. The monoisotopic (exact) mass is 485 g/mol. The van der Waals surface area contributed by atoms with Crippen molar-refractivity contribution in [2.45, 2.75) is 18.3 Å². The second kappa shape index (κ2) is 10.6. The van der Waals surface area contributed by atoms with Crippen LogP contribution >= 0.6 is 0 Å². The smallest absolute Gasteiger partial charge is 0.231 e. The SMILES string of the molecule is O=C(Cc1ccc(F)cc1F)NCC(c1ccc2c(c1)OCO2)C(c1ccccc1)c1ccccc1. The molecule has 0 bridgehead atoms. The molecule has 6 heteroatoms. The summed E-state index contributed by atoms with van der Waals surface area (Å²) < 4.78 is 38.5. The summed E-state index contributed by atoms with van der Waals surface area (Å²) in [6.07, 6.45) is -0.179. The van der Waals surface area contributed by atoms with E-state index in [1.54, 1.807) is 0 Å². The molecule has 1 aliphatic heterocycles. The highest BCUT2D eigenvalue weighted by Crippen LogP contribution is 2.42. The van der Waals surface area contributed by atoms with Gasteiger partial charge in [-0.1, -0.05) is 72.8 Å². The van der Waals surface area contributed by atoms with Gasteiger partial charge in [-0.25, -0.2) is 8.78 Å². The van der Waals surface area contributed by atoms with Gasteiger partial charge < -0.3 is 14.8 Å². The quantitative estimate of drug-likeness (QED) is 0.335. The maximum absolute atomic E-state index is 14.1. The first-order chi connectivity index (χ1) is 17.6. The molecule has 1 atom stereocenters. The van der Waals surface area contributed by atoms with Gasteiger partial charge in [0.05, 0.1) is 6.42 Å². The Morgan fingerprint density at radius 1 is 0.778 bits per heavy atom. The van der Waals surface area contributed by atoms with Crippen molar-refractivity contribution in [3.8, 4) is 11.5 Å². The van der Waals surface area contributed by atoms with Gasteiger partial charge in [0.15, 0.2) is 11.5 Å². The van der Waals surface area contributed by atoms with Crippen molar-refractivity contribution in [1.82, 2.24) is 5.32 Å². The summed E-state index contributed by atoms with van der Waals surface area (Å²) in [4.78, 5) is 12.9. The largest absolute Gasteiger partial charge is 0.454 e. The van der Waals surface area contributed by atoms with Gasteiger partial charge >= 0.3 is 0 Å². The molecule has 1 amide bonds. The number of hydrogen-bond acceptors (Lipinski definition) is 3. The van der Waals surface area contributed by atoms with Crippen molar-refractivity contribution in [3.05, 3.63) is 131 Å². The van der Waals surface area contributed by atoms with E-state index < -0.39 is 11.6 Å². The summed E-state index contributed by atoms with van der Waals surface area (Å²) in [5, 5.41) is 2.99. The zero-order valence-electron chi connectivity index (χ0n) is 19.5. The van der Waals surface area contributed by atoms with Gasteiger partial charge in [0.1, 0.15) is 11.6 Å². The van der Waals surface area contributed by atoms with Crippen molar-refractivity contribution < 1.29 is 23.0 Å². The molecule has 0 saturated carbocycles. The van der Waals surface area contributed by atoms with Crippen LogP contribution in [0.4, 0.5) is 8.78 Å². The van der Waals surface area contributed by atoms with Crippen LogP contribution < -0.4 is 14.8 Å². The Kier molecular flexibility index (Phi) is 6.94. The third-order valence-electron chi connectivity index (χ3n) is 6.43. The minimum absolute atomic E-state index is 0.0735. The standard InChI is InChI=1S/C30H25F2NO3/c31-24-13-11-23(26(32)17-24)16-29(34)33-18-25(22-12-14-27-28(15-22)36-19-35-27)30(20-7-3-1-4-8-20)21-9-5-2-6-10-21/h1-15,17,25,30H,16,18-19H2,(H,33,34). The third-order valence-corrected chi connectivity index (χ3v) is 6.43. The van der Waals surface area contributed by atoms with Crippen LogP contribution in [0.15, 0.2) is 97.1 Å². The molecular weight excluding hydrogens is 460 g/mol. The Labute approximate surface area is 208 Å². The van der Waals surface area contributed by atoms with Gasteiger partial charge in [0.2, 0.25) is 12.7 Å². The van der Waals surface area contributed by atoms with Gasteiger partial charge in [-0.15, -0.1) is 0 Å². The third kappa shape index (κ3) is 5.23. The zero-order chi connectivity index (χ0) is 24.9. The Balaban J connectivity index is 1.47. The average Bonchev–Trinajstić information content (AvgIpc) is 3.37. The number of benzene rings is 4. The van der Waals surface area contributed by atoms with Crippen molar-refractivity contribution in [2.24, 2.45) is 0 Å². The maximum atomic E-state index is 14.1. The lowest BCUT2D eigenvalue weighted by Gasteiger charge is -2.29. The van der Waals surface area contributed by atoms with Gasteiger partial charge in [-0.3, -0.25) is 4.79 Å². The van der Waals surface area contributed by atoms with Gasteiger partial charge in [0, 0.05) is 24.4 Å². The van der Waals surface area contributed by atoms with Crippen LogP contribution in [0.1, 0.15) is 34.1 Å². The summed E-state index contributed by atoms with van der Waals surface area (Å²) in [5.74, 6) is -0.633. The fourth-order valence-corrected chi connectivity index (χ4v) is 4.67. The van der Waals surface area contributed by atoms with E-state index in [0.717, 1.165) is 28.8 Å². The molecule has 1 unspecified atom stereocenters. The minimum Gasteiger partial charge on any atom is -0.454 e. The zero-order valence-corrected chi connectivity index (χ0v) is 19.5. The first-order valence-electron chi connectivity index (χ1n) is 11.8. The summed E-state index contributed by atoms with van der Waals surface area (Å²) >= 11 is 0. The Bertz CT molecular complexity index is 1310. The lowest BCUT2D eigenvalue weighted by molar-refractivity contribution is -0.120. The molecule has 4 aromatic carbocycles. The molecular formula is C30H25F2NO3. The number of halogens is 2. The number of hydrogen-bond donors (Lipinski definition) is 1. The molecule has 5 rings (SSSR count). The minimum atomic E-state index is -0.732. The first-order valence-corrected chi connectivity index (χ1v) is 11.8. The Morgan fingerprint density at radius 2 is 1.44 bits per heavy atom. The summed E-state index contributed by atoms with van der Waals surface area (Å²) in [6, 6.07) is 29.3. The van der Waals surface area contributed by atoms with E-state index in [-0.39, 0.29) is 36.5 Å². The maximum Gasteiger partial charge on any atom is 0.231 e. The lowest BCUT2D eigenvalue weighted by atomic mass is 9.77. The van der Waals surface area contributed by atoms with Crippen molar-refractivity contribution in [2.75, 3.05) is 13.3 Å². The van der Waals surface area contributed by atoms with Crippen LogP contribution in [0.5, 0.6) is 11.5 Å². The van der Waals surface area contributed by atoms with Crippen molar-refractivity contribution in [3.63, 3.8) is 0 Å². The average molecular weight is 486 g/mol. The Hall–Kier alpha value is -4.19. The normalized spacial score (nSPS) is 13.0. The van der Waals surface area contributed by atoms with Gasteiger partial charge in [-0.2, -0.15) is 0 Å². The topological polar surface area (TPSA) is 47.6 Å². The number of carbonyl (C=O) groups excluding carboxylic acids is 1. The molecule has 1 heterocycles. The van der Waals surface area contributed by atoms with Crippen LogP contribution in [0.3, 0.4) is 0 Å². The molecule has 4 aromatic rings. The van der Waals surface area contributed by atoms with E-state index in [2.05, 4.69) is 29.6 Å². The van der Waals surface area contributed by atoms with Crippen LogP contribution in [0, 0.1) is 11.6 Å². The molecule has 36 heavy (non-hydrogen) atoms. The number of ether oxygens (including phenoxy) is 2. The predicted molar refractivity (Wildman–Crippen MR) is 133 cm³/mol. The van der Waals surface area contributed by atoms with Gasteiger partial charge in [-0.05, 0) is 40.5 Å². The van der Waals surface area contributed by atoms with E-state index in [4.69, 9.17) is 9.47 Å². The summed E-state index contributed by atoms with van der Waals surface area (Å²) in [7, 11) is 0. The molecule has 0 aliphatic carbocycles. The summed E-state index contributed by atoms with van der Waals surface area (Å²) in [5.41, 5.74) is 3.33.